The number of amides is 1. The highest BCUT2D eigenvalue weighted by Crippen LogP contribution is 2.46. The Hall–Kier alpha value is -1.22. The molecular weight excluding hydrogens is 308 g/mol. The molecule has 1 amide bonds. The first-order chi connectivity index (χ1) is 10.5. The lowest BCUT2D eigenvalue weighted by molar-refractivity contribution is -0.138. The Bertz CT molecular complexity index is 566. The second-order valence-corrected chi connectivity index (χ2v) is 7.61. The van der Waals surface area contributed by atoms with Gasteiger partial charge in [-0.1, -0.05) is 26.3 Å². The second kappa shape index (κ2) is 7.12. The van der Waals surface area contributed by atoms with Gasteiger partial charge >= 0.3 is 0 Å². The van der Waals surface area contributed by atoms with E-state index in [1.54, 1.807) is 0 Å². The summed E-state index contributed by atoms with van der Waals surface area (Å²) in [4.78, 5) is 12.9. The van der Waals surface area contributed by atoms with Gasteiger partial charge in [-0.25, -0.2) is 0 Å². The minimum absolute atomic E-state index is 0. The van der Waals surface area contributed by atoms with Gasteiger partial charge in [-0.05, 0) is 67.7 Å². The molecule has 4 heteroatoms. The summed E-state index contributed by atoms with van der Waals surface area (Å²) in [5.41, 5.74) is 9.20. The van der Waals surface area contributed by atoms with Crippen LogP contribution in [0.25, 0.3) is 0 Å². The largest absolute Gasteiger partial charge is 0.399 e. The van der Waals surface area contributed by atoms with Crippen molar-refractivity contribution in [3.05, 3.63) is 29.3 Å². The normalized spacial score (nSPS) is 21.8. The number of aryl methyl sites for hydroxylation is 1. The molecule has 0 aliphatic heterocycles. The minimum atomic E-state index is -0.0976. The molecular formula is C19H29ClN2O. The molecule has 1 fully saturated rings. The molecule has 1 unspecified atom stereocenters. The van der Waals surface area contributed by atoms with E-state index in [1.807, 2.05) is 6.07 Å². The topological polar surface area (TPSA) is 55.1 Å². The van der Waals surface area contributed by atoms with Crippen LogP contribution in [0.1, 0.15) is 69.5 Å². The molecule has 3 N–H and O–H groups in total. The number of hydrogen-bond acceptors (Lipinski definition) is 2. The first kappa shape index (κ1) is 18.1. The molecule has 1 atom stereocenters. The molecule has 0 spiro atoms. The SMILES string of the molecule is CC(C)CC1(C(=O)NC2CCCc3cc(N)ccc32)CCC1.Cl. The average molecular weight is 337 g/mol. The Labute approximate surface area is 145 Å². The molecule has 0 saturated heterocycles. The van der Waals surface area contributed by atoms with Crippen LogP contribution in [0.2, 0.25) is 0 Å². The number of fused-ring (bicyclic) bond motifs is 1. The quantitative estimate of drug-likeness (QED) is 0.800. The van der Waals surface area contributed by atoms with Gasteiger partial charge in [0.1, 0.15) is 0 Å². The Morgan fingerprint density at radius 2 is 2.09 bits per heavy atom. The number of nitrogens with one attached hydrogen (secondary N) is 1. The van der Waals surface area contributed by atoms with Gasteiger partial charge in [0.25, 0.3) is 0 Å². The van der Waals surface area contributed by atoms with Crippen molar-refractivity contribution in [1.82, 2.24) is 5.32 Å². The van der Waals surface area contributed by atoms with Gasteiger partial charge < -0.3 is 11.1 Å². The molecule has 0 heterocycles. The van der Waals surface area contributed by atoms with E-state index >= 15 is 0 Å². The van der Waals surface area contributed by atoms with Crippen molar-refractivity contribution in [2.75, 3.05) is 5.73 Å². The van der Waals surface area contributed by atoms with E-state index in [-0.39, 0.29) is 29.8 Å². The van der Waals surface area contributed by atoms with Crippen LogP contribution in [0.5, 0.6) is 0 Å². The Balaban J connectivity index is 0.00000192. The summed E-state index contributed by atoms with van der Waals surface area (Å²) >= 11 is 0. The summed E-state index contributed by atoms with van der Waals surface area (Å²) < 4.78 is 0. The lowest BCUT2D eigenvalue weighted by Gasteiger charge is -2.43. The third-order valence-corrected chi connectivity index (χ3v) is 5.38. The van der Waals surface area contributed by atoms with Crippen molar-refractivity contribution in [2.45, 2.75) is 64.8 Å². The number of nitrogens with two attached hydrogens (primary N) is 1. The van der Waals surface area contributed by atoms with Crippen LogP contribution >= 0.6 is 12.4 Å². The number of anilines is 1. The zero-order valence-electron chi connectivity index (χ0n) is 14.2. The van der Waals surface area contributed by atoms with Crippen LogP contribution in [0, 0.1) is 11.3 Å². The van der Waals surface area contributed by atoms with Gasteiger partial charge in [0.15, 0.2) is 0 Å². The van der Waals surface area contributed by atoms with Crippen LogP contribution in [0.3, 0.4) is 0 Å². The molecule has 0 radical (unpaired) electrons. The van der Waals surface area contributed by atoms with E-state index in [0.29, 0.717) is 5.92 Å². The molecule has 0 aromatic heterocycles. The molecule has 1 aromatic rings. The summed E-state index contributed by atoms with van der Waals surface area (Å²) in [5.74, 6) is 0.853. The van der Waals surface area contributed by atoms with Crippen LogP contribution in [0.4, 0.5) is 5.69 Å². The summed E-state index contributed by atoms with van der Waals surface area (Å²) in [6.07, 6.45) is 7.55. The van der Waals surface area contributed by atoms with Crippen LogP contribution in [-0.2, 0) is 11.2 Å². The molecule has 0 bridgehead atoms. The first-order valence-corrected chi connectivity index (χ1v) is 8.69. The van der Waals surface area contributed by atoms with E-state index < -0.39 is 0 Å². The number of hydrogen-bond donors (Lipinski definition) is 2. The fourth-order valence-corrected chi connectivity index (χ4v) is 4.20. The molecule has 3 rings (SSSR count). The summed E-state index contributed by atoms with van der Waals surface area (Å²) in [6, 6.07) is 6.30. The van der Waals surface area contributed by atoms with Gasteiger partial charge in [0, 0.05) is 11.1 Å². The highest BCUT2D eigenvalue weighted by Gasteiger charge is 2.44. The molecule has 1 aromatic carbocycles. The van der Waals surface area contributed by atoms with Crippen LogP contribution in [0.15, 0.2) is 18.2 Å². The number of rotatable bonds is 4. The third-order valence-electron chi connectivity index (χ3n) is 5.38. The number of carbonyl (C=O) groups is 1. The van der Waals surface area contributed by atoms with Crippen molar-refractivity contribution < 1.29 is 4.79 Å². The van der Waals surface area contributed by atoms with Crippen LogP contribution in [-0.4, -0.2) is 5.91 Å². The summed E-state index contributed by atoms with van der Waals surface area (Å²) in [6.45, 7) is 4.43. The van der Waals surface area contributed by atoms with E-state index in [9.17, 15) is 4.79 Å². The number of halogens is 1. The van der Waals surface area contributed by atoms with Crippen molar-refractivity contribution in [3.8, 4) is 0 Å². The van der Waals surface area contributed by atoms with Gasteiger partial charge in [0.05, 0.1) is 6.04 Å². The zero-order valence-corrected chi connectivity index (χ0v) is 15.0. The Kier molecular flexibility index (Phi) is 5.61. The van der Waals surface area contributed by atoms with Gasteiger partial charge in [-0.3, -0.25) is 4.79 Å². The maximum Gasteiger partial charge on any atom is 0.226 e. The van der Waals surface area contributed by atoms with Gasteiger partial charge in [0.2, 0.25) is 5.91 Å². The Morgan fingerprint density at radius 3 is 2.70 bits per heavy atom. The fourth-order valence-electron chi connectivity index (χ4n) is 4.20. The van der Waals surface area contributed by atoms with Crippen molar-refractivity contribution in [3.63, 3.8) is 0 Å². The van der Waals surface area contributed by atoms with E-state index in [2.05, 4.69) is 31.3 Å². The fraction of sp³-hybridized carbons (Fsp3) is 0.632. The minimum Gasteiger partial charge on any atom is -0.399 e. The summed E-state index contributed by atoms with van der Waals surface area (Å²) in [7, 11) is 0. The highest BCUT2D eigenvalue weighted by atomic mass is 35.5. The molecule has 3 nitrogen and oxygen atoms in total. The monoisotopic (exact) mass is 336 g/mol. The van der Waals surface area contributed by atoms with E-state index in [1.165, 1.54) is 17.5 Å². The average Bonchev–Trinajstić information content (AvgIpc) is 2.42. The van der Waals surface area contributed by atoms with Gasteiger partial charge in [-0.2, -0.15) is 0 Å². The van der Waals surface area contributed by atoms with Crippen molar-refractivity contribution in [2.24, 2.45) is 11.3 Å². The zero-order chi connectivity index (χ0) is 15.7. The second-order valence-electron chi connectivity index (χ2n) is 7.61. The lowest BCUT2D eigenvalue weighted by Crippen LogP contribution is -2.48. The molecule has 2 aliphatic rings. The van der Waals surface area contributed by atoms with E-state index in [4.69, 9.17) is 5.73 Å². The molecule has 128 valence electrons. The Morgan fingerprint density at radius 1 is 1.35 bits per heavy atom. The number of benzene rings is 1. The smallest absolute Gasteiger partial charge is 0.226 e. The van der Waals surface area contributed by atoms with Crippen molar-refractivity contribution in [1.29, 1.82) is 0 Å². The molecule has 1 saturated carbocycles. The van der Waals surface area contributed by atoms with E-state index in [0.717, 1.165) is 44.2 Å². The summed E-state index contributed by atoms with van der Waals surface area (Å²) in [5, 5.41) is 3.36. The predicted octanol–water partition coefficient (Wildman–Crippen LogP) is 4.40. The standard InChI is InChI=1S/C19H28N2O.ClH/c1-13(2)12-19(9-4-10-19)18(22)21-17-6-3-5-14-11-15(20)7-8-16(14)17;/h7-8,11,13,17H,3-6,9-10,12,20H2,1-2H3,(H,21,22);1H. The highest BCUT2D eigenvalue weighted by molar-refractivity contribution is 5.85. The predicted molar refractivity (Wildman–Crippen MR) is 97.7 cm³/mol. The molecule has 23 heavy (non-hydrogen) atoms. The molecule has 2 aliphatic carbocycles. The van der Waals surface area contributed by atoms with Crippen molar-refractivity contribution >= 4 is 24.0 Å². The first-order valence-electron chi connectivity index (χ1n) is 8.69. The van der Waals surface area contributed by atoms with Crippen LogP contribution < -0.4 is 11.1 Å². The maximum atomic E-state index is 12.9. The third kappa shape index (κ3) is 3.65. The number of nitrogen functional groups attached to an aromatic ring is 1. The lowest BCUT2D eigenvalue weighted by atomic mass is 9.63. The van der Waals surface area contributed by atoms with Gasteiger partial charge in [-0.15, -0.1) is 12.4 Å². The maximum absolute atomic E-state index is 12.9. The number of carbonyl (C=O) groups excluding carboxylic acids is 1.